The Hall–Kier alpha value is -2.41. The number of benzene rings is 3. The monoisotopic (exact) mass is 532 g/mol. The van der Waals surface area contributed by atoms with Crippen molar-refractivity contribution in [1.82, 2.24) is 0 Å². The zero-order valence-corrected chi connectivity index (χ0v) is 22.8. The second-order valence-electron chi connectivity index (χ2n) is 9.17. The molecule has 0 fully saturated rings. The number of nitrogens with one attached hydrogen (secondary N) is 1. The van der Waals surface area contributed by atoms with Crippen LogP contribution in [0, 0.1) is 0 Å². The summed E-state index contributed by atoms with van der Waals surface area (Å²) in [5.74, 6) is 0.885. The van der Waals surface area contributed by atoms with Gasteiger partial charge >= 0.3 is 0 Å². The van der Waals surface area contributed by atoms with Gasteiger partial charge in [-0.1, -0.05) is 60.7 Å². The quantitative estimate of drug-likeness (QED) is 0.155. The van der Waals surface area contributed by atoms with Gasteiger partial charge in [0, 0.05) is 12.0 Å². The summed E-state index contributed by atoms with van der Waals surface area (Å²) in [6.07, 6.45) is 1.39. The molecular formula is C29H38Cl2N2O3. The molecule has 7 heteroatoms. The van der Waals surface area contributed by atoms with Crippen LogP contribution in [0.3, 0.4) is 0 Å². The third-order valence-corrected chi connectivity index (χ3v) is 6.24. The van der Waals surface area contributed by atoms with Crippen LogP contribution < -0.4 is 39.8 Å². The highest BCUT2D eigenvalue weighted by Crippen LogP contribution is 2.31. The number of nitrogens with two attached hydrogens (primary N) is 1. The Bertz CT molecular complexity index is 976. The molecule has 3 aromatic rings. The van der Waals surface area contributed by atoms with Crippen LogP contribution in [-0.4, -0.2) is 50.7 Å². The third kappa shape index (κ3) is 8.61. The van der Waals surface area contributed by atoms with Crippen molar-refractivity contribution in [2.45, 2.75) is 31.4 Å². The van der Waals surface area contributed by atoms with Crippen LogP contribution in [-0.2, 0) is 5.60 Å². The summed E-state index contributed by atoms with van der Waals surface area (Å²) in [7, 11) is 4.25. The van der Waals surface area contributed by atoms with Gasteiger partial charge in [-0.05, 0) is 42.3 Å². The highest BCUT2D eigenvalue weighted by Gasteiger charge is 2.40. The molecule has 36 heavy (non-hydrogen) atoms. The maximum Gasteiger partial charge on any atom is 0.168 e. The fourth-order valence-corrected chi connectivity index (χ4v) is 4.21. The second-order valence-corrected chi connectivity index (χ2v) is 9.17. The van der Waals surface area contributed by atoms with Gasteiger partial charge in [-0.2, -0.15) is 0 Å². The molecule has 0 amide bonds. The van der Waals surface area contributed by atoms with Gasteiger partial charge in [0.05, 0.1) is 40.2 Å². The second kappa shape index (κ2) is 15.6. The Balaban J connectivity index is 0.00000324. The lowest BCUT2D eigenvalue weighted by atomic mass is 9.81. The van der Waals surface area contributed by atoms with E-state index in [1.165, 1.54) is 4.90 Å². The fraction of sp³-hybridized carbons (Fsp3) is 0.345. The molecule has 0 spiro atoms. The minimum atomic E-state index is -1.15. The van der Waals surface area contributed by atoms with Crippen LogP contribution in [0.15, 0.2) is 84.9 Å². The lowest BCUT2D eigenvalue weighted by Gasteiger charge is -2.33. The van der Waals surface area contributed by atoms with Gasteiger partial charge in [0.25, 0.3) is 0 Å². The average molecular weight is 534 g/mol. The van der Waals surface area contributed by atoms with Crippen molar-refractivity contribution in [2.75, 3.05) is 33.8 Å². The van der Waals surface area contributed by atoms with E-state index in [2.05, 4.69) is 19.4 Å². The molecule has 3 aromatic carbocycles. The van der Waals surface area contributed by atoms with Crippen molar-refractivity contribution < 1.29 is 49.7 Å². The summed E-state index contributed by atoms with van der Waals surface area (Å²) >= 11 is 0. The molecule has 196 valence electrons. The summed E-state index contributed by atoms with van der Waals surface area (Å²) in [6.45, 7) is 4.34. The summed E-state index contributed by atoms with van der Waals surface area (Å²) in [5.41, 5.74) is 1.23. The van der Waals surface area contributed by atoms with E-state index in [0.29, 0.717) is 25.1 Å². The Morgan fingerprint density at radius 1 is 0.917 bits per heavy atom. The minimum absolute atomic E-state index is 0. The SMILES string of the molecule is CC([NH2+]CCC(=O)c1ccc(OCCC[NH+](C)C)cc1)C(O)(c1ccccc1)c1ccccc1.[Cl-].[Cl-]. The topological polar surface area (TPSA) is 67.6 Å². The molecule has 0 aliphatic heterocycles. The van der Waals surface area contributed by atoms with E-state index in [1.807, 2.05) is 91.9 Å². The molecule has 0 saturated heterocycles. The highest BCUT2D eigenvalue weighted by atomic mass is 35.5. The zero-order chi connectivity index (χ0) is 24.4. The molecule has 1 atom stereocenters. The number of carbonyl (C=O) groups is 1. The van der Waals surface area contributed by atoms with Crippen LogP contribution in [0.25, 0.3) is 0 Å². The van der Waals surface area contributed by atoms with E-state index >= 15 is 0 Å². The predicted molar refractivity (Wildman–Crippen MR) is 135 cm³/mol. The van der Waals surface area contributed by atoms with Crippen LogP contribution in [0.1, 0.15) is 41.3 Å². The number of Topliss-reactive ketones (excluding diaryl/α,β-unsaturated/α-hetero) is 1. The first-order chi connectivity index (χ1) is 16.4. The molecule has 0 heterocycles. The highest BCUT2D eigenvalue weighted by molar-refractivity contribution is 5.96. The van der Waals surface area contributed by atoms with E-state index in [0.717, 1.165) is 29.8 Å². The normalized spacial score (nSPS) is 11.8. The number of ketones is 1. The Labute approximate surface area is 227 Å². The third-order valence-electron chi connectivity index (χ3n) is 6.24. The van der Waals surface area contributed by atoms with Crippen molar-refractivity contribution in [3.8, 4) is 5.75 Å². The summed E-state index contributed by atoms with van der Waals surface area (Å²) in [4.78, 5) is 14.1. The Kier molecular flexibility index (Phi) is 13.7. The maximum absolute atomic E-state index is 12.7. The van der Waals surface area contributed by atoms with E-state index in [1.54, 1.807) is 0 Å². The van der Waals surface area contributed by atoms with Gasteiger partial charge in [-0.15, -0.1) is 0 Å². The molecule has 0 bridgehead atoms. The Morgan fingerprint density at radius 3 is 1.94 bits per heavy atom. The first-order valence-electron chi connectivity index (χ1n) is 12.1. The number of rotatable bonds is 13. The first-order valence-corrected chi connectivity index (χ1v) is 12.1. The number of quaternary nitrogens is 2. The van der Waals surface area contributed by atoms with E-state index in [9.17, 15) is 9.90 Å². The summed E-state index contributed by atoms with van der Waals surface area (Å²) < 4.78 is 5.77. The number of halogens is 2. The van der Waals surface area contributed by atoms with Crippen molar-refractivity contribution >= 4 is 5.78 Å². The molecule has 4 N–H and O–H groups in total. The molecule has 1 unspecified atom stereocenters. The van der Waals surface area contributed by atoms with Crippen molar-refractivity contribution in [3.05, 3.63) is 102 Å². The van der Waals surface area contributed by atoms with Crippen LogP contribution in [0.5, 0.6) is 5.75 Å². The van der Waals surface area contributed by atoms with E-state index in [4.69, 9.17) is 4.74 Å². The van der Waals surface area contributed by atoms with E-state index in [-0.39, 0.29) is 36.6 Å². The number of hydrogen-bond donors (Lipinski definition) is 3. The van der Waals surface area contributed by atoms with Crippen molar-refractivity contribution in [2.24, 2.45) is 0 Å². The van der Waals surface area contributed by atoms with Gasteiger partial charge in [-0.3, -0.25) is 4.79 Å². The lowest BCUT2D eigenvalue weighted by molar-refractivity contribution is -0.858. The zero-order valence-electron chi connectivity index (χ0n) is 21.3. The lowest BCUT2D eigenvalue weighted by Crippen LogP contribution is -3.05. The molecule has 0 radical (unpaired) electrons. The fourth-order valence-electron chi connectivity index (χ4n) is 4.21. The number of ether oxygens (including phenoxy) is 1. The van der Waals surface area contributed by atoms with Gasteiger partial charge in [0.1, 0.15) is 11.8 Å². The first kappa shape index (κ1) is 31.6. The standard InChI is InChI=1S/C29H36N2O3.2ClH/c1-23(29(33,25-11-6-4-7-12-25)26-13-8-5-9-14-26)30-20-19-28(32)24-15-17-27(18-16-24)34-22-10-21-31(2)3;;/h4-9,11-18,23,30,33H,10,19-22H2,1-3H3;2*1H. The Morgan fingerprint density at radius 2 is 1.44 bits per heavy atom. The summed E-state index contributed by atoms with van der Waals surface area (Å²) in [6, 6.07) is 26.7. The largest absolute Gasteiger partial charge is 1.00 e. The molecule has 0 aromatic heterocycles. The molecule has 0 aliphatic carbocycles. The van der Waals surface area contributed by atoms with E-state index < -0.39 is 5.60 Å². The van der Waals surface area contributed by atoms with Gasteiger partial charge in [-0.25, -0.2) is 0 Å². The van der Waals surface area contributed by atoms with Gasteiger partial charge < -0.3 is 44.9 Å². The molecule has 0 aliphatic rings. The number of hydrogen-bond acceptors (Lipinski definition) is 3. The molecule has 5 nitrogen and oxygen atoms in total. The molecule has 0 saturated carbocycles. The van der Waals surface area contributed by atoms with Crippen LogP contribution in [0.2, 0.25) is 0 Å². The van der Waals surface area contributed by atoms with Crippen molar-refractivity contribution in [1.29, 1.82) is 0 Å². The molecule has 3 rings (SSSR count). The van der Waals surface area contributed by atoms with Gasteiger partial charge in [0.15, 0.2) is 11.4 Å². The number of aliphatic hydroxyl groups is 1. The van der Waals surface area contributed by atoms with Crippen molar-refractivity contribution in [3.63, 3.8) is 0 Å². The average Bonchev–Trinajstić information content (AvgIpc) is 2.87. The maximum atomic E-state index is 12.7. The predicted octanol–water partition coefficient (Wildman–Crippen LogP) is -3.93. The summed E-state index contributed by atoms with van der Waals surface area (Å²) in [5, 5.41) is 13.9. The molecular weight excluding hydrogens is 495 g/mol. The van der Waals surface area contributed by atoms with Crippen LogP contribution >= 0.6 is 0 Å². The van der Waals surface area contributed by atoms with Crippen LogP contribution in [0.4, 0.5) is 0 Å². The van der Waals surface area contributed by atoms with Gasteiger partial charge in [0.2, 0.25) is 0 Å². The number of carbonyl (C=O) groups excluding carboxylic acids is 1. The minimum Gasteiger partial charge on any atom is -1.00 e. The smallest absolute Gasteiger partial charge is 0.168 e.